The lowest BCUT2D eigenvalue weighted by Gasteiger charge is -2.33. The van der Waals surface area contributed by atoms with Gasteiger partial charge in [0.1, 0.15) is 11.5 Å². The van der Waals surface area contributed by atoms with E-state index < -0.39 is 35.3 Å². The van der Waals surface area contributed by atoms with Crippen molar-refractivity contribution >= 4 is 17.9 Å². The molecule has 3 atom stereocenters. The molecule has 0 radical (unpaired) electrons. The average Bonchev–Trinajstić information content (AvgIpc) is 2.37. The first-order valence-electron chi connectivity index (χ1n) is 6.80. The molecule has 0 saturated heterocycles. The molecule has 6 heteroatoms. The molecular formula is C16H20O6. The summed E-state index contributed by atoms with van der Waals surface area (Å²) in [7, 11) is 0. The monoisotopic (exact) mass is 308 g/mol. The maximum absolute atomic E-state index is 11.5. The lowest BCUT2D eigenvalue weighted by Crippen LogP contribution is -2.41. The Balaban J connectivity index is 2.98. The molecule has 22 heavy (non-hydrogen) atoms. The Hall–Kier alpha value is -2.37. The minimum Gasteiger partial charge on any atom is -0.481 e. The molecule has 0 saturated carbocycles. The first-order valence-corrected chi connectivity index (χ1v) is 6.80. The fourth-order valence-corrected chi connectivity index (χ4v) is 2.40. The van der Waals surface area contributed by atoms with Crippen LogP contribution in [0.3, 0.4) is 0 Å². The Bertz CT molecular complexity index is 571. The van der Waals surface area contributed by atoms with Crippen LogP contribution < -0.4 is 0 Å². The number of carboxylic acid groups (broad SMARTS) is 2. The van der Waals surface area contributed by atoms with E-state index in [1.807, 2.05) is 0 Å². The molecule has 0 heterocycles. The third-order valence-corrected chi connectivity index (χ3v) is 3.61. The summed E-state index contributed by atoms with van der Waals surface area (Å²) < 4.78 is 5.13. The van der Waals surface area contributed by atoms with E-state index in [0.717, 1.165) is 0 Å². The predicted molar refractivity (Wildman–Crippen MR) is 79.1 cm³/mol. The Morgan fingerprint density at radius 2 is 2.00 bits per heavy atom. The number of carbonyl (C=O) groups is 3. The van der Waals surface area contributed by atoms with Crippen LogP contribution in [-0.2, 0) is 19.1 Å². The van der Waals surface area contributed by atoms with Gasteiger partial charge in [0, 0.05) is 12.0 Å². The summed E-state index contributed by atoms with van der Waals surface area (Å²) in [5.74, 6) is -4.21. The molecule has 1 aliphatic rings. The average molecular weight is 308 g/mol. The highest BCUT2D eigenvalue weighted by molar-refractivity contribution is 5.88. The SMILES string of the molecule is C=C(C)C(=O)OC(C)CC1=CC=CC(C)(C(=O)O)C1C(=O)O. The second-order valence-corrected chi connectivity index (χ2v) is 5.66. The zero-order valence-corrected chi connectivity index (χ0v) is 12.8. The third kappa shape index (κ3) is 3.63. The van der Waals surface area contributed by atoms with Gasteiger partial charge >= 0.3 is 17.9 Å². The van der Waals surface area contributed by atoms with Crippen molar-refractivity contribution < 1.29 is 29.3 Å². The Morgan fingerprint density at radius 1 is 1.41 bits per heavy atom. The van der Waals surface area contributed by atoms with Crippen molar-refractivity contribution in [3.8, 4) is 0 Å². The van der Waals surface area contributed by atoms with E-state index in [9.17, 15) is 24.6 Å². The molecule has 3 unspecified atom stereocenters. The largest absolute Gasteiger partial charge is 0.481 e. The van der Waals surface area contributed by atoms with E-state index in [1.54, 1.807) is 13.0 Å². The summed E-state index contributed by atoms with van der Waals surface area (Å²) in [5, 5.41) is 18.8. The number of hydrogen-bond acceptors (Lipinski definition) is 4. The van der Waals surface area contributed by atoms with Crippen molar-refractivity contribution in [3.63, 3.8) is 0 Å². The number of esters is 1. The van der Waals surface area contributed by atoms with Gasteiger partial charge in [0.2, 0.25) is 0 Å². The van der Waals surface area contributed by atoms with Gasteiger partial charge < -0.3 is 14.9 Å². The van der Waals surface area contributed by atoms with Crippen molar-refractivity contribution in [2.24, 2.45) is 11.3 Å². The quantitative estimate of drug-likeness (QED) is 0.576. The summed E-state index contributed by atoms with van der Waals surface area (Å²) in [4.78, 5) is 34.5. The summed E-state index contributed by atoms with van der Waals surface area (Å²) in [5.41, 5.74) is -0.884. The molecule has 0 aromatic rings. The van der Waals surface area contributed by atoms with Crippen LogP contribution in [0.5, 0.6) is 0 Å². The van der Waals surface area contributed by atoms with Gasteiger partial charge in [-0.2, -0.15) is 0 Å². The van der Waals surface area contributed by atoms with Crippen LogP contribution in [0.25, 0.3) is 0 Å². The van der Waals surface area contributed by atoms with Gasteiger partial charge in [-0.1, -0.05) is 30.4 Å². The fraction of sp³-hybridized carbons (Fsp3) is 0.438. The number of carboxylic acids is 2. The molecule has 0 aromatic carbocycles. The molecular weight excluding hydrogens is 288 g/mol. The van der Waals surface area contributed by atoms with E-state index in [4.69, 9.17) is 4.74 Å². The molecule has 0 spiro atoms. The van der Waals surface area contributed by atoms with Crippen LogP contribution in [0.15, 0.2) is 36.0 Å². The molecule has 6 nitrogen and oxygen atoms in total. The molecule has 0 amide bonds. The van der Waals surface area contributed by atoms with Gasteiger partial charge in [-0.25, -0.2) is 4.79 Å². The van der Waals surface area contributed by atoms with Crippen LogP contribution in [-0.4, -0.2) is 34.2 Å². The number of aliphatic carboxylic acids is 2. The van der Waals surface area contributed by atoms with E-state index in [2.05, 4.69) is 6.58 Å². The molecule has 0 fully saturated rings. The van der Waals surface area contributed by atoms with E-state index >= 15 is 0 Å². The van der Waals surface area contributed by atoms with Gasteiger partial charge in [0.05, 0.1) is 5.92 Å². The topological polar surface area (TPSA) is 101 Å². The maximum atomic E-state index is 11.5. The number of allylic oxidation sites excluding steroid dienone is 2. The van der Waals surface area contributed by atoms with Gasteiger partial charge in [-0.05, 0) is 20.8 Å². The summed E-state index contributed by atoms with van der Waals surface area (Å²) in [6.07, 6.45) is 4.01. The third-order valence-electron chi connectivity index (χ3n) is 3.61. The highest BCUT2D eigenvalue weighted by Gasteiger charge is 2.47. The lowest BCUT2D eigenvalue weighted by molar-refractivity contribution is -0.156. The normalized spacial score (nSPS) is 25.0. The number of rotatable bonds is 6. The smallest absolute Gasteiger partial charge is 0.333 e. The van der Waals surface area contributed by atoms with Crippen molar-refractivity contribution in [1.82, 2.24) is 0 Å². The van der Waals surface area contributed by atoms with Gasteiger partial charge in [-0.15, -0.1) is 0 Å². The van der Waals surface area contributed by atoms with Crippen LogP contribution in [0, 0.1) is 11.3 Å². The molecule has 0 aliphatic heterocycles. The Morgan fingerprint density at radius 3 is 2.45 bits per heavy atom. The predicted octanol–water partition coefficient (Wildman–Crippen LogP) is 2.17. The standard InChI is InChI=1S/C16H20O6/c1-9(2)14(19)22-10(3)8-11-6-5-7-16(4,15(20)21)12(11)13(17)18/h5-7,10,12H,1,8H2,2-4H3,(H,17,18)(H,20,21). The van der Waals surface area contributed by atoms with E-state index in [1.165, 1.54) is 26.0 Å². The van der Waals surface area contributed by atoms with Crippen LogP contribution in [0.4, 0.5) is 0 Å². The zero-order chi connectivity index (χ0) is 17.1. The highest BCUT2D eigenvalue weighted by atomic mass is 16.5. The highest BCUT2D eigenvalue weighted by Crippen LogP contribution is 2.40. The van der Waals surface area contributed by atoms with Gasteiger partial charge in [0.25, 0.3) is 0 Å². The fourth-order valence-electron chi connectivity index (χ4n) is 2.40. The summed E-state index contributed by atoms with van der Waals surface area (Å²) in [6, 6.07) is 0. The maximum Gasteiger partial charge on any atom is 0.333 e. The molecule has 2 N–H and O–H groups in total. The van der Waals surface area contributed by atoms with Crippen LogP contribution >= 0.6 is 0 Å². The first kappa shape index (κ1) is 17.7. The molecule has 1 aliphatic carbocycles. The number of carbonyl (C=O) groups excluding carboxylic acids is 1. The van der Waals surface area contributed by atoms with Crippen molar-refractivity contribution in [2.45, 2.75) is 33.3 Å². The summed E-state index contributed by atoms with van der Waals surface area (Å²) >= 11 is 0. The number of hydrogen-bond donors (Lipinski definition) is 2. The molecule has 0 aromatic heterocycles. The van der Waals surface area contributed by atoms with Crippen molar-refractivity contribution in [1.29, 1.82) is 0 Å². The second kappa shape index (κ2) is 6.60. The van der Waals surface area contributed by atoms with Crippen LogP contribution in [0.2, 0.25) is 0 Å². The van der Waals surface area contributed by atoms with Gasteiger partial charge in [0.15, 0.2) is 0 Å². The number of ether oxygens (including phenoxy) is 1. The zero-order valence-electron chi connectivity index (χ0n) is 12.8. The van der Waals surface area contributed by atoms with Crippen molar-refractivity contribution in [2.75, 3.05) is 0 Å². The van der Waals surface area contributed by atoms with Gasteiger partial charge in [-0.3, -0.25) is 9.59 Å². The molecule has 0 bridgehead atoms. The molecule has 120 valence electrons. The minimum atomic E-state index is -1.53. The first-order chi connectivity index (χ1) is 10.1. The van der Waals surface area contributed by atoms with E-state index in [0.29, 0.717) is 5.57 Å². The van der Waals surface area contributed by atoms with Crippen molar-refractivity contribution in [3.05, 3.63) is 36.0 Å². The second-order valence-electron chi connectivity index (χ2n) is 5.66. The Kier molecular flexibility index (Phi) is 5.30. The Labute approximate surface area is 128 Å². The molecule has 1 rings (SSSR count). The van der Waals surface area contributed by atoms with E-state index in [-0.39, 0.29) is 12.0 Å². The minimum absolute atomic E-state index is 0.142. The lowest BCUT2D eigenvalue weighted by atomic mass is 9.69. The van der Waals surface area contributed by atoms with Crippen LogP contribution in [0.1, 0.15) is 27.2 Å². The summed E-state index contributed by atoms with van der Waals surface area (Å²) in [6.45, 7) is 7.97.